The van der Waals surface area contributed by atoms with Gasteiger partial charge in [-0.1, -0.05) is 42.5 Å². The summed E-state index contributed by atoms with van der Waals surface area (Å²) in [6.07, 6.45) is 3.39. The van der Waals surface area contributed by atoms with Gasteiger partial charge < -0.3 is 14.2 Å². The fourth-order valence-electron chi connectivity index (χ4n) is 3.66. The van der Waals surface area contributed by atoms with Crippen LogP contribution in [0.15, 0.2) is 42.5 Å². The average molecular weight is 359 g/mol. The SMILES string of the molecule is COC(=O)[C@H]1[C@@H](C(=O)OC)CC=C[C@H]1N1C(=O)OC[C@H]1c1ccccc1. The Kier molecular flexibility index (Phi) is 5.25. The number of rotatable bonds is 4. The number of allylic oxidation sites excluding steroid dienone is 1. The molecule has 0 unspecified atom stereocenters. The molecule has 7 nitrogen and oxygen atoms in total. The van der Waals surface area contributed by atoms with Crippen molar-refractivity contribution in [2.24, 2.45) is 11.8 Å². The predicted octanol–water partition coefficient (Wildman–Crippen LogP) is 2.09. The monoisotopic (exact) mass is 359 g/mol. The number of amides is 1. The smallest absolute Gasteiger partial charge is 0.411 e. The largest absolute Gasteiger partial charge is 0.469 e. The molecule has 1 fully saturated rings. The van der Waals surface area contributed by atoms with Crippen LogP contribution < -0.4 is 0 Å². The quantitative estimate of drug-likeness (QED) is 0.465. The highest BCUT2D eigenvalue weighted by molar-refractivity contribution is 5.84. The van der Waals surface area contributed by atoms with Crippen molar-refractivity contribution in [3.63, 3.8) is 0 Å². The molecule has 0 spiro atoms. The molecule has 1 aliphatic heterocycles. The van der Waals surface area contributed by atoms with Gasteiger partial charge in [-0.3, -0.25) is 14.5 Å². The van der Waals surface area contributed by atoms with Crippen molar-refractivity contribution >= 4 is 18.0 Å². The Morgan fingerprint density at radius 2 is 1.81 bits per heavy atom. The van der Waals surface area contributed by atoms with Crippen molar-refractivity contribution in [3.8, 4) is 0 Å². The van der Waals surface area contributed by atoms with Crippen LogP contribution in [0.2, 0.25) is 0 Å². The summed E-state index contributed by atoms with van der Waals surface area (Å²) in [5, 5.41) is 0. The molecule has 1 heterocycles. The molecule has 138 valence electrons. The molecule has 0 radical (unpaired) electrons. The highest BCUT2D eigenvalue weighted by atomic mass is 16.6. The minimum atomic E-state index is -0.852. The summed E-state index contributed by atoms with van der Waals surface area (Å²) in [4.78, 5) is 38.6. The maximum absolute atomic E-state index is 12.5. The first-order valence-corrected chi connectivity index (χ1v) is 8.40. The molecular formula is C19H21NO6. The third-order valence-corrected chi connectivity index (χ3v) is 4.92. The van der Waals surface area contributed by atoms with Gasteiger partial charge in [0.15, 0.2) is 0 Å². The first-order chi connectivity index (χ1) is 12.6. The second-order valence-corrected chi connectivity index (χ2v) is 6.24. The summed E-state index contributed by atoms with van der Waals surface area (Å²) in [7, 11) is 2.55. The van der Waals surface area contributed by atoms with Gasteiger partial charge in [-0.15, -0.1) is 0 Å². The Morgan fingerprint density at radius 1 is 1.12 bits per heavy atom. The average Bonchev–Trinajstić information content (AvgIpc) is 3.08. The molecule has 0 saturated carbocycles. The number of nitrogens with zero attached hydrogens (tertiary/aromatic N) is 1. The number of hydrogen-bond acceptors (Lipinski definition) is 6. The molecule has 26 heavy (non-hydrogen) atoms. The number of benzene rings is 1. The number of hydrogen-bond donors (Lipinski definition) is 0. The van der Waals surface area contributed by atoms with E-state index in [9.17, 15) is 14.4 Å². The lowest BCUT2D eigenvalue weighted by Crippen LogP contribution is -2.50. The molecule has 1 aromatic rings. The van der Waals surface area contributed by atoms with E-state index in [-0.39, 0.29) is 12.6 Å². The van der Waals surface area contributed by atoms with Crippen LogP contribution in [-0.2, 0) is 23.8 Å². The topological polar surface area (TPSA) is 82.1 Å². The first kappa shape index (κ1) is 18.0. The number of carbonyl (C=O) groups excluding carboxylic acids is 3. The van der Waals surface area contributed by atoms with Gasteiger partial charge in [0.25, 0.3) is 0 Å². The van der Waals surface area contributed by atoms with Crippen molar-refractivity contribution in [3.05, 3.63) is 48.0 Å². The summed E-state index contributed by atoms with van der Waals surface area (Å²) in [6, 6.07) is 8.44. The summed E-state index contributed by atoms with van der Waals surface area (Å²) >= 11 is 0. The van der Waals surface area contributed by atoms with E-state index in [1.807, 2.05) is 30.3 Å². The molecule has 2 aliphatic rings. The van der Waals surface area contributed by atoms with E-state index in [0.717, 1.165) is 5.56 Å². The molecule has 0 N–H and O–H groups in total. The van der Waals surface area contributed by atoms with Crippen molar-refractivity contribution in [2.75, 3.05) is 20.8 Å². The Labute approximate surface area is 151 Å². The van der Waals surface area contributed by atoms with Crippen molar-refractivity contribution in [2.45, 2.75) is 18.5 Å². The van der Waals surface area contributed by atoms with Crippen LogP contribution >= 0.6 is 0 Å². The van der Waals surface area contributed by atoms with Gasteiger partial charge in [0.2, 0.25) is 0 Å². The number of carbonyl (C=O) groups is 3. The normalized spacial score (nSPS) is 27.8. The van der Waals surface area contributed by atoms with Crippen molar-refractivity contribution in [1.82, 2.24) is 4.90 Å². The molecule has 4 atom stereocenters. The van der Waals surface area contributed by atoms with E-state index >= 15 is 0 Å². The summed E-state index contributed by atoms with van der Waals surface area (Å²) in [5.74, 6) is -2.62. The van der Waals surface area contributed by atoms with E-state index in [2.05, 4.69) is 0 Å². The lowest BCUT2D eigenvalue weighted by atomic mass is 9.78. The summed E-state index contributed by atoms with van der Waals surface area (Å²) in [5.41, 5.74) is 0.899. The lowest BCUT2D eigenvalue weighted by Gasteiger charge is -2.38. The molecule has 3 rings (SSSR count). The molecule has 0 aromatic heterocycles. The molecule has 1 saturated heterocycles. The van der Waals surface area contributed by atoms with Gasteiger partial charge in [0.05, 0.1) is 38.1 Å². The van der Waals surface area contributed by atoms with Gasteiger partial charge in [-0.05, 0) is 12.0 Å². The van der Waals surface area contributed by atoms with Crippen LogP contribution in [-0.4, -0.2) is 49.8 Å². The van der Waals surface area contributed by atoms with E-state index in [1.165, 1.54) is 19.1 Å². The van der Waals surface area contributed by atoms with Crippen LogP contribution in [0, 0.1) is 11.8 Å². The Hall–Kier alpha value is -2.83. The molecule has 0 bridgehead atoms. The van der Waals surface area contributed by atoms with E-state index < -0.39 is 35.9 Å². The van der Waals surface area contributed by atoms with Crippen LogP contribution in [0.25, 0.3) is 0 Å². The minimum absolute atomic E-state index is 0.184. The van der Waals surface area contributed by atoms with Gasteiger partial charge in [0, 0.05) is 0 Å². The second kappa shape index (κ2) is 7.59. The summed E-state index contributed by atoms with van der Waals surface area (Å²) in [6.45, 7) is 0.184. The summed E-state index contributed by atoms with van der Waals surface area (Å²) < 4.78 is 15.0. The standard InChI is InChI=1S/C19H21NO6/c1-24-17(21)13-9-6-10-14(16(13)18(22)25-2)20-15(11-26-19(20)23)12-7-4-3-5-8-12/h3-8,10,13-16H,9,11H2,1-2H3/t13-,14+,15-,16-/m0/s1. The Bertz CT molecular complexity index is 716. The zero-order valence-corrected chi connectivity index (χ0v) is 14.7. The van der Waals surface area contributed by atoms with Crippen molar-refractivity contribution in [1.29, 1.82) is 0 Å². The lowest BCUT2D eigenvalue weighted by molar-refractivity contribution is -0.159. The van der Waals surface area contributed by atoms with Gasteiger partial charge in [-0.2, -0.15) is 0 Å². The Balaban J connectivity index is 1.99. The number of cyclic esters (lactones) is 1. The van der Waals surface area contributed by atoms with Crippen LogP contribution in [0.5, 0.6) is 0 Å². The fraction of sp³-hybridized carbons (Fsp3) is 0.421. The number of methoxy groups -OCH3 is 2. The number of ether oxygens (including phenoxy) is 3. The highest BCUT2D eigenvalue weighted by Crippen LogP contribution is 2.38. The molecule has 1 aliphatic carbocycles. The molecule has 1 aromatic carbocycles. The van der Waals surface area contributed by atoms with Gasteiger partial charge >= 0.3 is 18.0 Å². The second-order valence-electron chi connectivity index (χ2n) is 6.24. The molecular weight excluding hydrogens is 338 g/mol. The maximum atomic E-state index is 12.5. The maximum Gasteiger partial charge on any atom is 0.411 e. The minimum Gasteiger partial charge on any atom is -0.469 e. The predicted molar refractivity (Wildman–Crippen MR) is 90.9 cm³/mol. The fourth-order valence-corrected chi connectivity index (χ4v) is 3.66. The molecule has 1 amide bonds. The highest BCUT2D eigenvalue weighted by Gasteiger charge is 2.49. The zero-order chi connectivity index (χ0) is 18.7. The van der Waals surface area contributed by atoms with Crippen LogP contribution in [0.4, 0.5) is 4.79 Å². The van der Waals surface area contributed by atoms with Crippen molar-refractivity contribution < 1.29 is 28.6 Å². The first-order valence-electron chi connectivity index (χ1n) is 8.40. The zero-order valence-electron chi connectivity index (χ0n) is 14.7. The van der Waals surface area contributed by atoms with Crippen LogP contribution in [0.1, 0.15) is 18.0 Å². The number of esters is 2. The van der Waals surface area contributed by atoms with E-state index in [1.54, 1.807) is 12.2 Å². The third-order valence-electron chi connectivity index (χ3n) is 4.92. The molecule has 7 heteroatoms. The van der Waals surface area contributed by atoms with Gasteiger partial charge in [0.1, 0.15) is 6.61 Å². The third kappa shape index (κ3) is 3.16. The van der Waals surface area contributed by atoms with Crippen LogP contribution in [0.3, 0.4) is 0 Å². The van der Waals surface area contributed by atoms with Gasteiger partial charge in [-0.25, -0.2) is 4.79 Å². The van der Waals surface area contributed by atoms with E-state index in [4.69, 9.17) is 14.2 Å². The Morgan fingerprint density at radius 3 is 2.46 bits per heavy atom. The van der Waals surface area contributed by atoms with E-state index in [0.29, 0.717) is 6.42 Å².